The van der Waals surface area contributed by atoms with Gasteiger partial charge in [-0.15, -0.1) is 0 Å². The van der Waals surface area contributed by atoms with Gasteiger partial charge in [0.25, 0.3) is 0 Å². The van der Waals surface area contributed by atoms with Crippen LogP contribution in [0.3, 0.4) is 0 Å². The van der Waals surface area contributed by atoms with Crippen molar-refractivity contribution in [2.75, 3.05) is 13.1 Å². The zero-order valence-electron chi connectivity index (χ0n) is 11.3. The lowest BCUT2D eigenvalue weighted by atomic mass is 9.87. The highest BCUT2D eigenvalue weighted by Crippen LogP contribution is 2.22. The molecule has 1 heterocycles. The van der Waals surface area contributed by atoms with Crippen LogP contribution in [0.25, 0.3) is 0 Å². The minimum Gasteiger partial charge on any atom is -0.376 e. The summed E-state index contributed by atoms with van der Waals surface area (Å²) < 4.78 is 1.22. The summed E-state index contributed by atoms with van der Waals surface area (Å²) in [5.41, 5.74) is 2.56. The van der Waals surface area contributed by atoms with Crippen LogP contribution in [-0.2, 0) is 12.0 Å². The highest BCUT2D eigenvalue weighted by atomic mass is 16.5. The van der Waals surface area contributed by atoms with Crippen molar-refractivity contribution in [3.63, 3.8) is 0 Å². The minimum atomic E-state index is 0.167. The first-order valence-electron chi connectivity index (χ1n) is 6.37. The molecule has 0 unspecified atom stereocenters. The van der Waals surface area contributed by atoms with E-state index in [1.807, 2.05) is 0 Å². The number of rotatable bonds is 2. The molecule has 18 heavy (non-hydrogen) atoms. The molecule has 0 radical (unpaired) electrons. The Morgan fingerprint density at radius 3 is 2.17 bits per heavy atom. The summed E-state index contributed by atoms with van der Waals surface area (Å²) in [6, 6.07) is 8.39. The molecule has 0 aromatic heterocycles. The molecule has 0 atom stereocenters. The quantitative estimate of drug-likeness (QED) is 0.421. The van der Waals surface area contributed by atoms with Crippen LogP contribution in [0.5, 0.6) is 0 Å². The molecule has 1 aliphatic heterocycles. The van der Waals surface area contributed by atoms with Gasteiger partial charge in [0, 0.05) is 0 Å². The van der Waals surface area contributed by atoms with Crippen molar-refractivity contribution in [2.45, 2.75) is 32.7 Å². The molecule has 0 bridgehead atoms. The maximum atomic E-state index is 9.90. The smallest absolute Gasteiger partial charge is 0.376 e. The Kier molecular flexibility index (Phi) is 3.45. The number of hydrogen-bond acceptors (Lipinski definition) is 1. The van der Waals surface area contributed by atoms with Crippen LogP contribution >= 0.6 is 0 Å². The zero-order valence-corrected chi connectivity index (χ0v) is 11.3. The van der Waals surface area contributed by atoms with Crippen LogP contribution in [-0.4, -0.2) is 29.0 Å². The number of nitrogens with one attached hydrogen (secondary N) is 2. The third-order valence-electron chi connectivity index (χ3n) is 3.12. The molecular formula is C14H22N3O+. The van der Waals surface area contributed by atoms with Crippen molar-refractivity contribution in [1.82, 2.24) is 10.6 Å². The van der Waals surface area contributed by atoms with Crippen molar-refractivity contribution in [2.24, 2.45) is 0 Å². The van der Waals surface area contributed by atoms with Gasteiger partial charge < -0.3 is 5.21 Å². The van der Waals surface area contributed by atoms with E-state index in [1.165, 1.54) is 10.3 Å². The summed E-state index contributed by atoms with van der Waals surface area (Å²) in [4.78, 5) is 0. The van der Waals surface area contributed by atoms with Gasteiger partial charge in [0.05, 0.1) is 13.1 Å². The number of hydrogen-bond donors (Lipinski definition) is 3. The number of guanidine groups is 1. The van der Waals surface area contributed by atoms with E-state index in [0.717, 1.165) is 18.7 Å². The van der Waals surface area contributed by atoms with Crippen LogP contribution in [0.4, 0.5) is 0 Å². The summed E-state index contributed by atoms with van der Waals surface area (Å²) in [5, 5.41) is 16.1. The lowest BCUT2D eigenvalue weighted by molar-refractivity contribution is -0.788. The molecule has 3 N–H and O–H groups in total. The first-order valence-corrected chi connectivity index (χ1v) is 6.37. The lowest BCUT2D eigenvalue weighted by Gasteiger charge is -2.19. The average molecular weight is 248 g/mol. The summed E-state index contributed by atoms with van der Waals surface area (Å²) in [5.74, 6) is 0.690. The van der Waals surface area contributed by atoms with E-state index < -0.39 is 0 Å². The van der Waals surface area contributed by atoms with Crippen LogP contribution in [0.15, 0.2) is 24.3 Å². The predicted molar refractivity (Wildman–Crippen MR) is 71.9 cm³/mol. The highest BCUT2D eigenvalue weighted by molar-refractivity contribution is 5.76. The summed E-state index contributed by atoms with van der Waals surface area (Å²) in [6.07, 6.45) is 0. The van der Waals surface area contributed by atoms with Crippen molar-refractivity contribution >= 4 is 5.96 Å². The van der Waals surface area contributed by atoms with Gasteiger partial charge in [-0.2, -0.15) is 0 Å². The largest absolute Gasteiger partial charge is 0.382 e. The van der Waals surface area contributed by atoms with Crippen molar-refractivity contribution < 1.29 is 9.95 Å². The molecule has 0 saturated carbocycles. The first kappa shape index (κ1) is 12.7. The fourth-order valence-electron chi connectivity index (χ4n) is 1.97. The van der Waals surface area contributed by atoms with E-state index in [0.29, 0.717) is 12.5 Å². The van der Waals surface area contributed by atoms with Crippen molar-refractivity contribution in [3.8, 4) is 0 Å². The highest BCUT2D eigenvalue weighted by Gasteiger charge is 2.18. The average Bonchev–Trinajstić information content (AvgIpc) is 2.82. The summed E-state index contributed by atoms with van der Waals surface area (Å²) >= 11 is 0. The van der Waals surface area contributed by atoms with E-state index in [-0.39, 0.29) is 5.41 Å². The number of nitrogens with zero attached hydrogens (tertiary/aromatic N) is 1. The van der Waals surface area contributed by atoms with Crippen LogP contribution < -0.4 is 10.6 Å². The van der Waals surface area contributed by atoms with Gasteiger partial charge in [-0.25, -0.2) is 0 Å². The standard InChI is InChI=1S/C14H21N3O/c1-14(2,3)12-6-4-11(5-7-12)10-17(18)13-15-8-9-16-13/h4-7,18H,8-10H2,1-3H3,(H,15,16)/p+1. The Bertz CT molecular complexity index is 435. The fraction of sp³-hybridized carbons (Fsp3) is 0.500. The summed E-state index contributed by atoms with van der Waals surface area (Å²) in [7, 11) is 0. The molecule has 2 rings (SSSR count). The monoisotopic (exact) mass is 248 g/mol. The Labute approximate surface area is 108 Å². The topological polar surface area (TPSA) is 47.3 Å². The SMILES string of the molecule is CC(C)(C)c1ccc(C[N+](O)=C2NCCN2)cc1. The Balaban J connectivity index is 2.09. The molecule has 1 aliphatic rings. The zero-order chi connectivity index (χ0) is 13.2. The fourth-order valence-corrected chi connectivity index (χ4v) is 1.97. The molecule has 4 heteroatoms. The van der Waals surface area contributed by atoms with E-state index in [4.69, 9.17) is 0 Å². The van der Waals surface area contributed by atoms with Gasteiger partial charge in [0.2, 0.25) is 0 Å². The summed E-state index contributed by atoms with van der Waals surface area (Å²) in [6.45, 7) is 8.79. The molecule has 0 spiro atoms. The molecule has 1 aromatic rings. The van der Waals surface area contributed by atoms with E-state index in [1.54, 1.807) is 0 Å². The van der Waals surface area contributed by atoms with Gasteiger partial charge in [-0.05, 0) is 16.5 Å². The number of hydroxylamine groups is 1. The van der Waals surface area contributed by atoms with Crippen LogP contribution in [0.1, 0.15) is 31.9 Å². The van der Waals surface area contributed by atoms with E-state index >= 15 is 0 Å². The molecule has 1 aromatic carbocycles. The second-order valence-electron chi connectivity index (χ2n) is 5.71. The number of benzene rings is 1. The van der Waals surface area contributed by atoms with Crippen LogP contribution in [0, 0.1) is 0 Å². The lowest BCUT2D eigenvalue weighted by Crippen LogP contribution is -2.34. The Morgan fingerprint density at radius 2 is 1.67 bits per heavy atom. The molecule has 0 amide bonds. The second-order valence-corrected chi connectivity index (χ2v) is 5.71. The maximum Gasteiger partial charge on any atom is 0.382 e. The Morgan fingerprint density at radius 1 is 1.11 bits per heavy atom. The third kappa shape index (κ3) is 2.94. The molecule has 0 aliphatic carbocycles. The predicted octanol–water partition coefficient (Wildman–Crippen LogP) is 1.43. The van der Waals surface area contributed by atoms with Crippen molar-refractivity contribution in [1.29, 1.82) is 0 Å². The maximum absolute atomic E-state index is 9.90. The Hall–Kier alpha value is -1.71. The molecule has 1 saturated heterocycles. The second kappa shape index (κ2) is 4.88. The van der Waals surface area contributed by atoms with Crippen molar-refractivity contribution in [3.05, 3.63) is 35.4 Å². The molecular weight excluding hydrogens is 226 g/mol. The van der Waals surface area contributed by atoms with Gasteiger partial charge >= 0.3 is 5.96 Å². The van der Waals surface area contributed by atoms with Gasteiger partial charge in [0.15, 0.2) is 0 Å². The first-order chi connectivity index (χ1) is 8.47. The molecule has 1 fully saturated rings. The minimum absolute atomic E-state index is 0.167. The van der Waals surface area contributed by atoms with Crippen LogP contribution in [0.2, 0.25) is 0 Å². The van der Waals surface area contributed by atoms with E-state index in [2.05, 4.69) is 55.7 Å². The third-order valence-corrected chi connectivity index (χ3v) is 3.12. The molecule has 98 valence electrons. The van der Waals surface area contributed by atoms with Gasteiger partial charge in [-0.3, -0.25) is 10.6 Å². The van der Waals surface area contributed by atoms with Gasteiger partial charge in [-0.1, -0.05) is 49.8 Å². The molecule has 4 nitrogen and oxygen atoms in total. The van der Waals surface area contributed by atoms with Gasteiger partial charge in [0.1, 0.15) is 6.54 Å². The van der Waals surface area contributed by atoms with E-state index in [9.17, 15) is 5.21 Å². The normalized spacial score (nSPS) is 15.2.